The maximum atomic E-state index is 11.8. The molecule has 1 aromatic rings. The molecule has 0 saturated heterocycles. The van der Waals surface area contributed by atoms with Crippen molar-refractivity contribution < 1.29 is 9.90 Å². The molecular weight excluding hydrogens is 180 g/mol. The summed E-state index contributed by atoms with van der Waals surface area (Å²) in [5.41, 5.74) is 0.242. The van der Waals surface area contributed by atoms with Crippen LogP contribution >= 0.6 is 0 Å². The van der Waals surface area contributed by atoms with Crippen molar-refractivity contribution in [2.75, 3.05) is 11.9 Å². The lowest BCUT2D eigenvalue weighted by Gasteiger charge is -2.38. The molecule has 0 aliphatic heterocycles. The fourth-order valence-corrected chi connectivity index (χ4v) is 1.73. The molecule has 1 amide bonds. The van der Waals surface area contributed by atoms with Crippen molar-refractivity contribution in [3.05, 3.63) is 18.5 Å². The predicted octanol–water partition coefficient (Wildman–Crippen LogP) is 1.12. The van der Waals surface area contributed by atoms with Crippen LogP contribution in [0.2, 0.25) is 0 Å². The van der Waals surface area contributed by atoms with Gasteiger partial charge in [-0.05, 0) is 18.9 Å². The number of amides is 1. The molecule has 0 aromatic carbocycles. The molecule has 0 radical (unpaired) electrons. The number of aromatic nitrogens is 1. The lowest BCUT2D eigenvalue weighted by molar-refractivity contribution is -0.133. The quantitative estimate of drug-likeness (QED) is 0.675. The normalized spacial score (nSPS) is 18.6. The lowest BCUT2D eigenvalue weighted by Crippen LogP contribution is -2.44. The van der Waals surface area contributed by atoms with E-state index in [1.54, 1.807) is 18.5 Å². The second-order valence-electron chi connectivity index (χ2n) is 3.85. The summed E-state index contributed by atoms with van der Waals surface area (Å²) < 4.78 is 0. The minimum Gasteiger partial charge on any atom is -0.395 e. The number of carbonyl (C=O) groups excluding carboxylic acids is 1. The van der Waals surface area contributed by atoms with Gasteiger partial charge in [-0.1, -0.05) is 6.42 Å². The number of H-pyrrole nitrogens is 1. The Morgan fingerprint density at radius 2 is 2.43 bits per heavy atom. The summed E-state index contributed by atoms with van der Waals surface area (Å²) in [7, 11) is 0. The molecular formula is C10H14N2O2. The van der Waals surface area contributed by atoms with E-state index < -0.39 is 5.41 Å². The average Bonchev–Trinajstić information content (AvgIpc) is 2.55. The van der Waals surface area contributed by atoms with Crippen molar-refractivity contribution in [1.82, 2.24) is 4.98 Å². The molecule has 4 heteroatoms. The van der Waals surface area contributed by atoms with Crippen molar-refractivity contribution in [2.24, 2.45) is 5.41 Å². The zero-order valence-electron chi connectivity index (χ0n) is 7.92. The number of rotatable bonds is 3. The van der Waals surface area contributed by atoms with Crippen molar-refractivity contribution in [2.45, 2.75) is 19.3 Å². The highest BCUT2D eigenvalue weighted by Gasteiger charge is 2.43. The first-order valence-corrected chi connectivity index (χ1v) is 4.82. The lowest BCUT2D eigenvalue weighted by atomic mass is 9.68. The molecule has 0 unspecified atom stereocenters. The number of aliphatic hydroxyl groups is 1. The molecule has 1 aliphatic rings. The summed E-state index contributed by atoms with van der Waals surface area (Å²) in [6.45, 7) is -0.0523. The minimum absolute atomic E-state index is 0.0523. The van der Waals surface area contributed by atoms with Gasteiger partial charge in [0, 0.05) is 12.4 Å². The Hall–Kier alpha value is -1.29. The molecule has 1 saturated carbocycles. The molecule has 76 valence electrons. The average molecular weight is 194 g/mol. The monoisotopic (exact) mass is 194 g/mol. The van der Waals surface area contributed by atoms with Gasteiger partial charge in [0.25, 0.3) is 0 Å². The van der Waals surface area contributed by atoms with Gasteiger partial charge in [0.2, 0.25) is 5.91 Å². The molecule has 2 rings (SSSR count). The number of hydrogen-bond donors (Lipinski definition) is 3. The van der Waals surface area contributed by atoms with Gasteiger partial charge in [-0.15, -0.1) is 0 Å². The Bertz CT molecular complexity index is 309. The highest BCUT2D eigenvalue weighted by Crippen LogP contribution is 2.41. The van der Waals surface area contributed by atoms with Crippen LogP contribution in [0.5, 0.6) is 0 Å². The molecule has 3 N–H and O–H groups in total. The number of hydrogen-bond acceptors (Lipinski definition) is 2. The van der Waals surface area contributed by atoms with Crippen molar-refractivity contribution in [3.8, 4) is 0 Å². The third-order valence-corrected chi connectivity index (χ3v) is 2.95. The van der Waals surface area contributed by atoms with Gasteiger partial charge in [0.05, 0.1) is 17.7 Å². The maximum absolute atomic E-state index is 11.8. The van der Waals surface area contributed by atoms with Gasteiger partial charge in [-0.25, -0.2) is 0 Å². The van der Waals surface area contributed by atoms with Crippen LogP contribution in [0, 0.1) is 5.41 Å². The number of aliphatic hydroxyl groups excluding tert-OH is 1. The summed E-state index contributed by atoms with van der Waals surface area (Å²) in [6.07, 6.45) is 6.09. The molecule has 0 atom stereocenters. The van der Waals surface area contributed by atoms with Gasteiger partial charge in [-0.3, -0.25) is 4.79 Å². The fraction of sp³-hybridized carbons (Fsp3) is 0.500. The van der Waals surface area contributed by atoms with E-state index in [9.17, 15) is 4.79 Å². The second-order valence-corrected chi connectivity index (χ2v) is 3.85. The first kappa shape index (κ1) is 9.27. The van der Waals surface area contributed by atoms with Crippen LogP contribution in [0.4, 0.5) is 5.69 Å². The Morgan fingerprint density at radius 3 is 2.86 bits per heavy atom. The SMILES string of the molecule is O=C(Nc1cc[nH]c1)C1(CO)CCC1. The van der Waals surface area contributed by atoms with Crippen molar-refractivity contribution >= 4 is 11.6 Å². The Morgan fingerprint density at radius 1 is 1.64 bits per heavy atom. The standard InChI is InChI=1S/C10H14N2O2/c13-7-10(3-1-4-10)9(14)12-8-2-5-11-6-8/h2,5-6,11,13H,1,3-4,7H2,(H,12,14). The van der Waals surface area contributed by atoms with Crippen LogP contribution in [0.15, 0.2) is 18.5 Å². The molecule has 1 heterocycles. The molecule has 1 aromatic heterocycles. The number of aromatic amines is 1. The van der Waals surface area contributed by atoms with E-state index in [2.05, 4.69) is 10.3 Å². The largest absolute Gasteiger partial charge is 0.395 e. The molecule has 14 heavy (non-hydrogen) atoms. The molecule has 1 fully saturated rings. The maximum Gasteiger partial charge on any atom is 0.232 e. The molecule has 0 bridgehead atoms. The topological polar surface area (TPSA) is 65.1 Å². The van der Waals surface area contributed by atoms with E-state index in [0.717, 1.165) is 24.9 Å². The van der Waals surface area contributed by atoms with Crippen LogP contribution in [-0.4, -0.2) is 22.6 Å². The molecule has 0 spiro atoms. The highest BCUT2D eigenvalue weighted by atomic mass is 16.3. The fourth-order valence-electron chi connectivity index (χ4n) is 1.73. The van der Waals surface area contributed by atoms with E-state index in [4.69, 9.17) is 5.11 Å². The van der Waals surface area contributed by atoms with Gasteiger partial charge in [0.15, 0.2) is 0 Å². The Balaban J connectivity index is 2.01. The zero-order valence-corrected chi connectivity index (χ0v) is 7.92. The van der Waals surface area contributed by atoms with E-state index in [1.807, 2.05) is 0 Å². The smallest absolute Gasteiger partial charge is 0.232 e. The van der Waals surface area contributed by atoms with Gasteiger partial charge >= 0.3 is 0 Å². The van der Waals surface area contributed by atoms with Crippen LogP contribution in [-0.2, 0) is 4.79 Å². The van der Waals surface area contributed by atoms with E-state index in [-0.39, 0.29) is 12.5 Å². The van der Waals surface area contributed by atoms with Gasteiger partial charge in [0.1, 0.15) is 0 Å². The summed E-state index contributed by atoms with van der Waals surface area (Å²) in [5.74, 6) is -0.0640. The van der Waals surface area contributed by atoms with Crippen LogP contribution in [0.25, 0.3) is 0 Å². The van der Waals surface area contributed by atoms with Crippen LogP contribution < -0.4 is 5.32 Å². The summed E-state index contributed by atoms with van der Waals surface area (Å²) >= 11 is 0. The summed E-state index contributed by atoms with van der Waals surface area (Å²) in [6, 6.07) is 1.79. The first-order chi connectivity index (χ1) is 6.77. The van der Waals surface area contributed by atoms with Crippen molar-refractivity contribution in [1.29, 1.82) is 0 Å². The highest BCUT2D eigenvalue weighted by molar-refractivity contribution is 5.95. The third-order valence-electron chi connectivity index (χ3n) is 2.95. The Kier molecular flexibility index (Phi) is 2.29. The number of nitrogens with one attached hydrogen (secondary N) is 2. The van der Waals surface area contributed by atoms with Crippen LogP contribution in [0.3, 0.4) is 0 Å². The second kappa shape index (κ2) is 3.46. The van der Waals surface area contributed by atoms with Gasteiger partial charge < -0.3 is 15.4 Å². The van der Waals surface area contributed by atoms with Crippen LogP contribution in [0.1, 0.15) is 19.3 Å². The predicted molar refractivity (Wildman–Crippen MR) is 52.8 cm³/mol. The molecule has 4 nitrogen and oxygen atoms in total. The van der Waals surface area contributed by atoms with Crippen molar-refractivity contribution in [3.63, 3.8) is 0 Å². The van der Waals surface area contributed by atoms with Gasteiger partial charge in [-0.2, -0.15) is 0 Å². The Labute approximate surface area is 82.3 Å². The summed E-state index contributed by atoms with van der Waals surface area (Å²) in [4.78, 5) is 14.6. The number of anilines is 1. The van der Waals surface area contributed by atoms with E-state index in [0.29, 0.717) is 0 Å². The minimum atomic E-state index is -0.517. The van der Waals surface area contributed by atoms with E-state index >= 15 is 0 Å². The van der Waals surface area contributed by atoms with E-state index in [1.165, 1.54) is 0 Å². The number of carbonyl (C=O) groups is 1. The molecule has 1 aliphatic carbocycles. The zero-order chi connectivity index (χ0) is 10.0. The first-order valence-electron chi connectivity index (χ1n) is 4.82. The summed E-state index contributed by atoms with van der Waals surface area (Å²) in [5, 5.41) is 12.0. The third kappa shape index (κ3) is 1.42.